The molecule has 1 aromatic heterocycles. The van der Waals surface area contributed by atoms with Crippen molar-refractivity contribution < 1.29 is 19.8 Å². The molecular formula is C12H16N2O4. The van der Waals surface area contributed by atoms with E-state index in [-0.39, 0.29) is 18.0 Å². The summed E-state index contributed by atoms with van der Waals surface area (Å²) in [6, 6.07) is 2.83. The van der Waals surface area contributed by atoms with Crippen LogP contribution in [0.2, 0.25) is 0 Å². The topological polar surface area (TPSA) is 90.7 Å². The van der Waals surface area contributed by atoms with Gasteiger partial charge < -0.3 is 15.1 Å². The third-order valence-corrected chi connectivity index (χ3v) is 2.75. The van der Waals surface area contributed by atoms with Gasteiger partial charge in [0.1, 0.15) is 11.3 Å². The van der Waals surface area contributed by atoms with E-state index in [1.807, 2.05) is 0 Å². The summed E-state index contributed by atoms with van der Waals surface area (Å²) >= 11 is 0. The van der Waals surface area contributed by atoms with Gasteiger partial charge in [-0.3, -0.25) is 4.79 Å². The van der Waals surface area contributed by atoms with Crippen molar-refractivity contribution in [1.29, 1.82) is 0 Å². The van der Waals surface area contributed by atoms with Crippen LogP contribution in [-0.4, -0.2) is 44.1 Å². The van der Waals surface area contributed by atoms with Crippen molar-refractivity contribution in [2.75, 3.05) is 6.54 Å². The molecule has 0 saturated carbocycles. The number of carbonyl (C=O) groups is 2. The minimum atomic E-state index is -1.37. The van der Waals surface area contributed by atoms with Crippen LogP contribution in [0.5, 0.6) is 5.75 Å². The molecule has 1 amide bonds. The normalized spacial score (nSPS) is 11.1. The van der Waals surface area contributed by atoms with Gasteiger partial charge in [-0.25, -0.2) is 9.78 Å². The van der Waals surface area contributed by atoms with E-state index in [1.165, 1.54) is 32.2 Å². The molecule has 0 radical (unpaired) electrons. The second-order valence-corrected chi connectivity index (χ2v) is 4.28. The van der Waals surface area contributed by atoms with Gasteiger partial charge in [0.05, 0.1) is 0 Å². The van der Waals surface area contributed by atoms with Crippen molar-refractivity contribution in [2.45, 2.75) is 26.3 Å². The van der Waals surface area contributed by atoms with Gasteiger partial charge in [-0.1, -0.05) is 0 Å². The largest absolute Gasteiger partial charge is 0.505 e. The Morgan fingerprint density at radius 2 is 2.06 bits per heavy atom. The van der Waals surface area contributed by atoms with Crippen LogP contribution in [-0.2, 0) is 4.79 Å². The maximum absolute atomic E-state index is 12.2. The molecule has 0 atom stereocenters. The minimum absolute atomic E-state index is 0.145. The maximum Gasteiger partial charge on any atom is 0.329 e. The first-order valence-electron chi connectivity index (χ1n) is 5.51. The Labute approximate surface area is 105 Å². The SMILES string of the molecule is CCN(C(=O)c1ncccc1O)C(C)(C)C(=O)O. The Balaban J connectivity index is 3.16. The highest BCUT2D eigenvalue weighted by Gasteiger charge is 2.38. The van der Waals surface area contributed by atoms with Crippen molar-refractivity contribution in [2.24, 2.45) is 0 Å². The molecule has 0 saturated heterocycles. The van der Waals surface area contributed by atoms with Gasteiger partial charge in [0.15, 0.2) is 5.69 Å². The fourth-order valence-corrected chi connectivity index (χ4v) is 1.60. The van der Waals surface area contributed by atoms with Gasteiger partial charge >= 0.3 is 5.97 Å². The molecule has 1 heterocycles. The predicted octanol–water partition coefficient (Wildman–Crippen LogP) is 1.11. The van der Waals surface area contributed by atoms with Gasteiger partial charge in [0.2, 0.25) is 0 Å². The molecule has 18 heavy (non-hydrogen) atoms. The highest BCUT2D eigenvalue weighted by molar-refractivity contribution is 5.98. The molecule has 6 nitrogen and oxygen atoms in total. The summed E-state index contributed by atoms with van der Waals surface area (Å²) in [5, 5.41) is 18.7. The average molecular weight is 252 g/mol. The molecule has 1 aromatic rings. The molecule has 0 aromatic carbocycles. The average Bonchev–Trinajstić information content (AvgIpc) is 2.29. The van der Waals surface area contributed by atoms with Crippen molar-refractivity contribution in [3.63, 3.8) is 0 Å². The zero-order valence-corrected chi connectivity index (χ0v) is 10.5. The third kappa shape index (κ3) is 2.42. The molecule has 98 valence electrons. The highest BCUT2D eigenvalue weighted by Crippen LogP contribution is 2.21. The molecule has 0 fully saturated rings. The number of aromatic hydroxyl groups is 1. The number of aliphatic carboxylic acids is 1. The van der Waals surface area contributed by atoms with Crippen LogP contribution < -0.4 is 0 Å². The molecule has 0 bridgehead atoms. The van der Waals surface area contributed by atoms with Crippen LogP contribution in [0.15, 0.2) is 18.3 Å². The lowest BCUT2D eigenvalue weighted by molar-refractivity contribution is -0.147. The number of carboxylic acid groups (broad SMARTS) is 1. The third-order valence-electron chi connectivity index (χ3n) is 2.75. The standard InChI is InChI=1S/C12H16N2O4/c1-4-14(12(2,3)11(17)18)10(16)9-8(15)6-5-7-13-9/h5-7,15H,4H2,1-3H3,(H,17,18). The Bertz CT molecular complexity index is 471. The van der Waals surface area contributed by atoms with Gasteiger partial charge in [0, 0.05) is 12.7 Å². The monoisotopic (exact) mass is 252 g/mol. The summed E-state index contributed by atoms with van der Waals surface area (Å²) in [6.07, 6.45) is 1.37. The number of carbonyl (C=O) groups excluding carboxylic acids is 1. The van der Waals surface area contributed by atoms with Crippen molar-refractivity contribution in [3.05, 3.63) is 24.0 Å². The van der Waals surface area contributed by atoms with Crippen LogP contribution in [0, 0.1) is 0 Å². The van der Waals surface area contributed by atoms with Crippen LogP contribution in [0.25, 0.3) is 0 Å². The molecule has 0 aliphatic carbocycles. The van der Waals surface area contributed by atoms with E-state index in [1.54, 1.807) is 6.92 Å². The lowest BCUT2D eigenvalue weighted by Gasteiger charge is -2.33. The number of nitrogens with zero attached hydrogens (tertiary/aromatic N) is 2. The number of hydrogen-bond acceptors (Lipinski definition) is 4. The predicted molar refractivity (Wildman–Crippen MR) is 64.3 cm³/mol. The Kier molecular flexibility index (Phi) is 3.90. The fraction of sp³-hybridized carbons (Fsp3) is 0.417. The van der Waals surface area contributed by atoms with E-state index >= 15 is 0 Å². The quantitative estimate of drug-likeness (QED) is 0.837. The van der Waals surface area contributed by atoms with E-state index in [0.717, 1.165) is 4.90 Å². The zero-order chi connectivity index (χ0) is 13.9. The summed E-state index contributed by atoms with van der Waals surface area (Å²) in [5.41, 5.74) is -1.51. The molecule has 0 spiro atoms. The number of pyridine rings is 1. The number of amides is 1. The molecule has 0 aliphatic rings. The van der Waals surface area contributed by atoms with Crippen LogP contribution in [0.1, 0.15) is 31.3 Å². The van der Waals surface area contributed by atoms with E-state index in [0.29, 0.717) is 0 Å². The first kappa shape index (κ1) is 14.0. The van der Waals surface area contributed by atoms with Gasteiger partial charge in [-0.15, -0.1) is 0 Å². The zero-order valence-electron chi connectivity index (χ0n) is 10.5. The highest BCUT2D eigenvalue weighted by atomic mass is 16.4. The summed E-state index contributed by atoms with van der Waals surface area (Å²) in [6.45, 7) is 4.73. The molecule has 6 heteroatoms. The van der Waals surface area contributed by atoms with Gasteiger partial charge in [0.25, 0.3) is 5.91 Å². The van der Waals surface area contributed by atoms with Gasteiger partial charge in [-0.2, -0.15) is 0 Å². The van der Waals surface area contributed by atoms with Gasteiger partial charge in [-0.05, 0) is 32.9 Å². The Morgan fingerprint density at radius 1 is 1.44 bits per heavy atom. The molecule has 2 N–H and O–H groups in total. The first-order valence-corrected chi connectivity index (χ1v) is 5.51. The number of likely N-dealkylation sites (N-methyl/N-ethyl adjacent to an activating group) is 1. The summed E-state index contributed by atoms with van der Waals surface area (Å²) in [4.78, 5) is 28.3. The lowest BCUT2D eigenvalue weighted by atomic mass is 10.0. The minimum Gasteiger partial charge on any atom is -0.505 e. The molecular weight excluding hydrogens is 236 g/mol. The fourth-order valence-electron chi connectivity index (χ4n) is 1.60. The van der Waals surface area contributed by atoms with E-state index in [9.17, 15) is 14.7 Å². The van der Waals surface area contributed by atoms with Crippen LogP contribution in [0.4, 0.5) is 0 Å². The second-order valence-electron chi connectivity index (χ2n) is 4.28. The summed E-state index contributed by atoms with van der Waals surface area (Å²) in [7, 11) is 0. The number of carboxylic acids is 1. The smallest absolute Gasteiger partial charge is 0.329 e. The molecule has 0 aliphatic heterocycles. The maximum atomic E-state index is 12.2. The van der Waals surface area contributed by atoms with E-state index in [2.05, 4.69) is 4.98 Å². The van der Waals surface area contributed by atoms with E-state index in [4.69, 9.17) is 5.11 Å². The number of hydrogen-bond donors (Lipinski definition) is 2. The van der Waals surface area contributed by atoms with Crippen molar-refractivity contribution >= 4 is 11.9 Å². The number of rotatable bonds is 4. The molecule has 1 rings (SSSR count). The first-order chi connectivity index (χ1) is 8.32. The summed E-state index contributed by atoms with van der Waals surface area (Å²) < 4.78 is 0. The van der Waals surface area contributed by atoms with Crippen LogP contribution in [0.3, 0.4) is 0 Å². The van der Waals surface area contributed by atoms with Crippen molar-refractivity contribution in [1.82, 2.24) is 9.88 Å². The van der Waals surface area contributed by atoms with Crippen LogP contribution >= 0.6 is 0 Å². The Hall–Kier alpha value is -2.11. The lowest BCUT2D eigenvalue weighted by Crippen LogP contribution is -2.53. The summed E-state index contributed by atoms with van der Waals surface area (Å²) in [5.74, 6) is -1.99. The van der Waals surface area contributed by atoms with E-state index < -0.39 is 17.4 Å². The van der Waals surface area contributed by atoms with Crippen molar-refractivity contribution in [3.8, 4) is 5.75 Å². The number of aromatic nitrogens is 1. The molecule has 0 unspecified atom stereocenters. The second kappa shape index (κ2) is 5.03. The Morgan fingerprint density at radius 3 is 2.50 bits per heavy atom.